The number of ether oxygens (including phenoxy) is 1. The highest BCUT2D eigenvalue weighted by molar-refractivity contribution is 5.78. The van der Waals surface area contributed by atoms with Gasteiger partial charge in [-0.25, -0.2) is 4.79 Å². The van der Waals surface area contributed by atoms with E-state index in [1.165, 1.54) is 18.2 Å². The number of benzene rings is 1. The lowest BCUT2D eigenvalue weighted by molar-refractivity contribution is -0.145. The van der Waals surface area contributed by atoms with Crippen LogP contribution in [0.1, 0.15) is 17.2 Å². The molecule has 0 saturated carbocycles. The Labute approximate surface area is 118 Å². The molecule has 6 nitrogen and oxygen atoms in total. The molecular formula is C12H13F3N4O2. The Morgan fingerprint density at radius 2 is 2.14 bits per heavy atom. The van der Waals surface area contributed by atoms with Gasteiger partial charge in [-0.2, -0.15) is 13.2 Å². The van der Waals surface area contributed by atoms with Crippen molar-refractivity contribution in [3.8, 4) is 0 Å². The summed E-state index contributed by atoms with van der Waals surface area (Å²) >= 11 is 0. The molecule has 0 aliphatic rings. The van der Waals surface area contributed by atoms with Crippen LogP contribution in [0.4, 0.5) is 13.2 Å². The zero-order chi connectivity index (χ0) is 15.9. The predicted octanol–water partition coefficient (Wildman–Crippen LogP) is 2.82. The molecule has 1 rings (SSSR count). The SMILES string of the molecule is COC(=O)C(NCCN=[N+]=[N-])c1ccccc1C(F)(F)F. The first-order valence-corrected chi connectivity index (χ1v) is 5.90. The van der Waals surface area contributed by atoms with Crippen LogP contribution < -0.4 is 5.32 Å². The van der Waals surface area contributed by atoms with Crippen LogP contribution in [0.3, 0.4) is 0 Å². The molecule has 0 heterocycles. The van der Waals surface area contributed by atoms with Gasteiger partial charge in [-0.05, 0) is 17.2 Å². The van der Waals surface area contributed by atoms with Crippen molar-refractivity contribution in [2.75, 3.05) is 20.2 Å². The van der Waals surface area contributed by atoms with E-state index in [0.717, 1.165) is 13.2 Å². The minimum Gasteiger partial charge on any atom is -0.468 e. The average molecular weight is 302 g/mol. The molecular weight excluding hydrogens is 289 g/mol. The van der Waals surface area contributed by atoms with E-state index in [0.29, 0.717) is 0 Å². The van der Waals surface area contributed by atoms with Gasteiger partial charge in [0, 0.05) is 18.0 Å². The summed E-state index contributed by atoms with van der Waals surface area (Å²) in [6.07, 6.45) is -4.59. The molecule has 0 amide bonds. The molecule has 0 aliphatic carbocycles. The summed E-state index contributed by atoms with van der Waals surface area (Å²) in [6, 6.07) is 3.43. The molecule has 9 heteroatoms. The highest BCUT2D eigenvalue weighted by Crippen LogP contribution is 2.34. The minimum absolute atomic E-state index is 0.00181. The summed E-state index contributed by atoms with van der Waals surface area (Å²) in [7, 11) is 1.08. The second-order valence-electron chi connectivity index (χ2n) is 3.95. The second-order valence-corrected chi connectivity index (χ2v) is 3.95. The molecule has 0 bridgehead atoms. The van der Waals surface area contributed by atoms with Gasteiger partial charge in [0.05, 0.1) is 12.7 Å². The van der Waals surface area contributed by atoms with Crippen molar-refractivity contribution < 1.29 is 22.7 Å². The van der Waals surface area contributed by atoms with E-state index in [4.69, 9.17) is 5.53 Å². The maximum atomic E-state index is 13.0. The molecule has 0 aliphatic heterocycles. The molecule has 0 aromatic heterocycles. The van der Waals surface area contributed by atoms with Crippen molar-refractivity contribution >= 4 is 5.97 Å². The first kappa shape index (κ1) is 16.8. The highest BCUT2D eigenvalue weighted by atomic mass is 19.4. The van der Waals surface area contributed by atoms with Crippen LogP contribution in [-0.2, 0) is 15.7 Å². The molecule has 1 aromatic rings. The Bertz CT molecular complexity index is 542. The van der Waals surface area contributed by atoms with Crippen LogP contribution >= 0.6 is 0 Å². The van der Waals surface area contributed by atoms with Crippen molar-refractivity contribution in [2.45, 2.75) is 12.2 Å². The van der Waals surface area contributed by atoms with Gasteiger partial charge < -0.3 is 10.1 Å². The van der Waals surface area contributed by atoms with Crippen LogP contribution in [0.25, 0.3) is 10.4 Å². The number of azide groups is 1. The average Bonchev–Trinajstić information content (AvgIpc) is 2.46. The topological polar surface area (TPSA) is 87.1 Å². The lowest BCUT2D eigenvalue weighted by atomic mass is 10.00. The Morgan fingerprint density at radius 1 is 1.48 bits per heavy atom. The number of methoxy groups -OCH3 is 1. The number of alkyl halides is 3. The molecule has 21 heavy (non-hydrogen) atoms. The number of carbonyl (C=O) groups excluding carboxylic acids is 1. The van der Waals surface area contributed by atoms with E-state index in [-0.39, 0.29) is 18.7 Å². The fourth-order valence-electron chi connectivity index (χ4n) is 1.75. The third kappa shape index (κ3) is 4.66. The number of carbonyl (C=O) groups is 1. The predicted molar refractivity (Wildman–Crippen MR) is 68.2 cm³/mol. The van der Waals surface area contributed by atoms with E-state index < -0.39 is 23.8 Å². The van der Waals surface area contributed by atoms with E-state index in [1.54, 1.807) is 0 Å². The molecule has 0 radical (unpaired) electrons. The first-order valence-electron chi connectivity index (χ1n) is 5.90. The van der Waals surface area contributed by atoms with Crippen LogP contribution in [0.2, 0.25) is 0 Å². The Balaban J connectivity index is 3.09. The Morgan fingerprint density at radius 3 is 2.71 bits per heavy atom. The number of hydrogen-bond acceptors (Lipinski definition) is 4. The normalized spacial score (nSPS) is 12.4. The number of rotatable bonds is 6. The van der Waals surface area contributed by atoms with E-state index >= 15 is 0 Å². The molecule has 0 saturated heterocycles. The van der Waals surface area contributed by atoms with Crippen LogP contribution in [0, 0.1) is 0 Å². The Kier molecular flexibility index (Phi) is 6.01. The summed E-state index contributed by atoms with van der Waals surface area (Å²) in [5.41, 5.74) is 6.99. The first-order chi connectivity index (χ1) is 9.91. The quantitative estimate of drug-likeness (QED) is 0.288. The van der Waals surface area contributed by atoms with Crippen LogP contribution in [0.15, 0.2) is 29.4 Å². The lowest BCUT2D eigenvalue weighted by Crippen LogP contribution is -2.33. The third-order valence-corrected chi connectivity index (χ3v) is 2.64. The van der Waals surface area contributed by atoms with Crippen LogP contribution in [-0.4, -0.2) is 26.2 Å². The van der Waals surface area contributed by atoms with Gasteiger partial charge in [0.2, 0.25) is 0 Å². The van der Waals surface area contributed by atoms with Gasteiger partial charge in [-0.15, -0.1) is 0 Å². The lowest BCUT2D eigenvalue weighted by Gasteiger charge is -2.20. The minimum atomic E-state index is -4.59. The monoisotopic (exact) mass is 302 g/mol. The maximum absolute atomic E-state index is 13.0. The molecule has 0 spiro atoms. The summed E-state index contributed by atoms with van der Waals surface area (Å²) in [5, 5.41) is 5.83. The number of nitrogens with zero attached hydrogens (tertiary/aromatic N) is 3. The fraction of sp³-hybridized carbons (Fsp3) is 0.417. The molecule has 1 N–H and O–H groups in total. The number of esters is 1. The second kappa shape index (κ2) is 7.51. The summed E-state index contributed by atoms with van der Waals surface area (Å²) in [6.45, 7) is 0.0359. The zero-order valence-electron chi connectivity index (χ0n) is 11.1. The van der Waals surface area contributed by atoms with E-state index in [1.807, 2.05) is 0 Å². The Hall–Kier alpha value is -2.25. The van der Waals surface area contributed by atoms with Crippen molar-refractivity contribution in [1.82, 2.24) is 5.32 Å². The van der Waals surface area contributed by atoms with Gasteiger partial charge >= 0.3 is 12.1 Å². The molecule has 114 valence electrons. The van der Waals surface area contributed by atoms with Gasteiger partial charge in [0.15, 0.2) is 0 Å². The fourth-order valence-corrected chi connectivity index (χ4v) is 1.75. The van der Waals surface area contributed by atoms with Crippen molar-refractivity contribution in [2.24, 2.45) is 5.11 Å². The van der Waals surface area contributed by atoms with Gasteiger partial charge in [0.25, 0.3) is 0 Å². The van der Waals surface area contributed by atoms with E-state index in [2.05, 4.69) is 20.1 Å². The van der Waals surface area contributed by atoms with Gasteiger partial charge in [-0.3, -0.25) is 0 Å². The number of nitrogens with one attached hydrogen (secondary N) is 1. The smallest absolute Gasteiger partial charge is 0.416 e. The standard InChI is InChI=1S/C12H13F3N4O2/c1-21-11(20)10(17-6-7-18-19-16)8-4-2-3-5-9(8)12(13,14)15/h2-5,10,17H,6-7H2,1H3. The summed E-state index contributed by atoms with van der Waals surface area (Å²) in [5.74, 6) is -0.854. The molecule has 1 atom stereocenters. The largest absolute Gasteiger partial charge is 0.468 e. The highest BCUT2D eigenvalue weighted by Gasteiger charge is 2.36. The van der Waals surface area contributed by atoms with Crippen molar-refractivity contribution in [3.63, 3.8) is 0 Å². The van der Waals surface area contributed by atoms with Crippen molar-refractivity contribution in [1.29, 1.82) is 0 Å². The molecule has 1 aromatic carbocycles. The molecule has 1 unspecified atom stereocenters. The van der Waals surface area contributed by atoms with E-state index in [9.17, 15) is 18.0 Å². The molecule has 0 fully saturated rings. The third-order valence-electron chi connectivity index (χ3n) is 2.64. The summed E-state index contributed by atoms with van der Waals surface area (Å²) in [4.78, 5) is 14.2. The maximum Gasteiger partial charge on any atom is 0.416 e. The van der Waals surface area contributed by atoms with Crippen LogP contribution in [0.5, 0.6) is 0 Å². The van der Waals surface area contributed by atoms with Gasteiger partial charge in [-0.1, -0.05) is 23.3 Å². The van der Waals surface area contributed by atoms with Gasteiger partial charge in [0.1, 0.15) is 6.04 Å². The number of halogens is 3. The zero-order valence-corrected chi connectivity index (χ0v) is 11.1. The summed E-state index contributed by atoms with van der Waals surface area (Å²) < 4.78 is 43.4. The van der Waals surface area contributed by atoms with Crippen molar-refractivity contribution in [3.05, 3.63) is 45.8 Å². The number of hydrogen-bond donors (Lipinski definition) is 1.